The first-order valence-corrected chi connectivity index (χ1v) is 5.33. The number of carboxylic acid groups (broad SMARTS) is 1. The summed E-state index contributed by atoms with van der Waals surface area (Å²) in [6, 6.07) is 0. The molecular formula is C12H18O3. The lowest BCUT2D eigenvalue weighted by atomic mass is 10.1. The zero-order valence-electron chi connectivity index (χ0n) is 8.95. The highest BCUT2D eigenvalue weighted by Gasteiger charge is 2.22. The standard InChI is InChI=1S/C7H10.C3H4O2.C2H4O/c1-2-7-4-3-6(1)5-7;1-2-3(4)5;1-2-3-1/h1,7H,2-5H2;2H,1H2,(H,4,5);1-2H2. The molecule has 2 bridgehead atoms. The lowest BCUT2D eigenvalue weighted by Crippen LogP contribution is -1.85. The maximum atomic E-state index is 9.25. The summed E-state index contributed by atoms with van der Waals surface area (Å²) in [5.74, 6) is 0.0972. The van der Waals surface area contributed by atoms with Gasteiger partial charge in [-0.05, 0) is 31.6 Å². The van der Waals surface area contributed by atoms with Gasteiger partial charge in [-0.1, -0.05) is 18.2 Å². The average molecular weight is 210 g/mol. The number of hydrogen-bond donors (Lipinski definition) is 1. The van der Waals surface area contributed by atoms with Gasteiger partial charge in [0.2, 0.25) is 0 Å². The highest BCUT2D eigenvalue weighted by Crippen LogP contribution is 2.38. The van der Waals surface area contributed by atoms with Gasteiger partial charge in [0.15, 0.2) is 0 Å². The summed E-state index contributed by atoms with van der Waals surface area (Å²) < 4.78 is 4.50. The van der Waals surface area contributed by atoms with Crippen molar-refractivity contribution in [2.75, 3.05) is 13.2 Å². The number of allylic oxidation sites excluding steroid dienone is 2. The molecule has 3 nitrogen and oxygen atoms in total. The first kappa shape index (κ1) is 12.0. The second-order valence-electron chi connectivity index (χ2n) is 3.86. The molecule has 1 aliphatic heterocycles. The van der Waals surface area contributed by atoms with Crippen LogP contribution in [0.4, 0.5) is 0 Å². The summed E-state index contributed by atoms with van der Waals surface area (Å²) in [6.45, 7) is 4.96. The number of epoxide rings is 1. The van der Waals surface area contributed by atoms with Crippen LogP contribution in [0.3, 0.4) is 0 Å². The van der Waals surface area contributed by atoms with Crippen LogP contribution < -0.4 is 0 Å². The minimum absolute atomic E-state index is 0.833. The Balaban J connectivity index is 0.000000124. The van der Waals surface area contributed by atoms with Gasteiger partial charge in [-0.25, -0.2) is 4.79 Å². The van der Waals surface area contributed by atoms with Crippen molar-refractivity contribution >= 4 is 5.97 Å². The number of rotatable bonds is 1. The Morgan fingerprint density at radius 3 is 2.27 bits per heavy atom. The average Bonchev–Trinajstić information content (AvgIpc) is 2.98. The van der Waals surface area contributed by atoms with Gasteiger partial charge in [-0.2, -0.15) is 0 Å². The summed E-state index contributed by atoms with van der Waals surface area (Å²) in [4.78, 5) is 9.25. The fourth-order valence-electron chi connectivity index (χ4n) is 1.68. The predicted octanol–water partition coefficient (Wildman–Crippen LogP) is 2.39. The fourth-order valence-corrected chi connectivity index (χ4v) is 1.68. The Labute approximate surface area is 90.4 Å². The molecule has 0 radical (unpaired) electrons. The summed E-state index contributed by atoms with van der Waals surface area (Å²) in [5, 5.41) is 7.60. The fraction of sp³-hybridized carbons (Fsp3) is 0.583. The van der Waals surface area contributed by atoms with Gasteiger partial charge < -0.3 is 9.84 Å². The predicted molar refractivity (Wildman–Crippen MR) is 58.7 cm³/mol. The van der Waals surface area contributed by atoms with Crippen LogP contribution in [0.2, 0.25) is 0 Å². The second-order valence-corrected chi connectivity index (χ2v) is 3.86. The van der Waals surface area contributed by atoms with Gasteiger partial charge in [0, 0.05) is 6.08 Å². The molecule has 2 fully saturated rings. The van der Waals surface area contributed by atoms with Gasteiger partial charge in [-0.15, -0.1) is 0 Å². The zero-order chi connectivity index (χ0) is 11.1. The number of ether oxygens (including phenoxy) is 1. The van der Waals surface area contributed by atoms with Crippen LogP contribution in [0.15, 0.2) is 24.3 Å². The van der Waals surface area contributed by atoms with Gasteiger partial charge in [0.25, 0.3) is 0 Å². The van der Waals surface area contributed by atoms with Crippen molar-refractivity contribution in [1.82, 2.24) is 0 Å². The third kappa shape index (κ3) is 6.07. The van der Waals surface area contributed by atoms with E-state index in [0.717, 1.165) is 25.2 Å². The first-order valence-electron chi connectivity index (χ1n) is 5.33. The van der Waals surface area contributed by atoms with Crippen molar-refractivity contribution in [1.29, 1.82) is 0 Å². The smallest absolute Gasteiger partial charge is 0.327 e. The van der Waals surface area contributed by atoms with Crippen LogP contribution in [0.5, 0.6) is 0 Å². The Bertz CT molecular complexity index is 251. The van der Waals surface area contributed by atoms with Crippen LogP contribution in [0, 0.1) is 5.92 Å². The molecule has 0 aromatic heterocycles. The lowest BCUT2D eigenvalue weighted by Gasteiger charge is -1.98. The normalized spacial score (nSPS) is 24.0. The lowest BCUT2D eigenvalue weighted by molar-refractivity contribution is -0.131. The second kappa shape index (κ2) is 6.40. The quantitative estimate of drug-likeness (QED) is 0.410. The third-order valence-corrected chi connectivity index (χ3v) is 2.54. The van der Waals surface area contributed by atoms with Crippen molar-refractivity contribution in [3.8, 4) is 0 Å². The summed E-state index contributed by atoms with van der Waals surface area (Å²) in [6.07, 6.45) is 9.01. The van der Waals surface area contributed by atoms with Crippen LogP contribution >= 0.6 is 0 Å². The van der Waals surface area contributed by atoms with E-state index in [1.807, 2.05) is 0 Å². The van der Waals surface area contributed by atoms with Gasteiger partial charge in [0.05, 0.1) is 13.2 Å². The maximum Gasteiger partial charge on any atom is 0.327 e. The molecule has 0 aromatic carbocycles. The van der Waals surface area contributed by atoms with Crippen molar-refractivity contribution in [3.05, 3.63) is 24.3 Å². The first-order chi connectivity index (χ1) is 7.22. The summed E-state index contributed by atoms with van der Waals surface area (Å²) >= 11 is 0. The van der Waals surface area contributed by atoms with Gasteiger partial charge in [0.1, 0.15) is 0 Å². The molecule has 0 amide bonds. The molecule has 84 valence electrons. The Hall–Kier alpha value is -1.09. The van der Waals surface area contributed by atoms with Crippen LogP contribution in [-0.4, -0.2) is 24.3 Å². The zero-order valence-corrected chi connectivity index (χ0v) is 8.95. The minimum atomic E-state index is -0.981. The highest BCUT2D eigenvalue weighted by atomic mass is 16.6. The summed E-state index contributed by atoms with van der Waals surface area (Å²) in [7, 11) is 0. The van der Waals surface area contributed by atoms with Crippen molar-refractivity contribution < 1.29 is 14.6 Å². The number of carboxylic acids is 1. The number of aliphatic carboxylic acids is 1. The molecule has 2 aliphatic carbocycles. The monoisotopic (exact) mass is 210 g/mol. The number of hydrogen-bond acceptors (Lipinski definition) is 2. The van der Waals surface area contributed by atoms with E-state index in [1.165, 1.54) is 25.7 Å². The molecule has 1 heterocycles. The van der Waals surface area contributed by atoms with E-state index in [0.29, 0.717) is 0 Å². The Morgan fingerprint density at radius 2 is 2.20 bits per heavy atom. The molecule has 1 unspecified atom stereocenters. The molecular weight excluding hydrogens is 192 g/mol. The molecule has 1 atom stereocenters. The minimum Gasteiger partial charge on any atom is -0.478 e. The molecule has 3 rings (SSSR count). The van der Waals surface area contributed by atoms with E-state index >= 15 is 0 Å². The van der Waals surface area contributed by atoms with E-state index in [4.69, 9.17) is 5.11 Å². The molecule has 1 N–H and O–H groups in total. The van der Waals surface area contributed by atoms with Crippen LogP contribution in [0.25, 0.3) is 0 Å². The third-order valence-electron chi connectivity index (χ3n) is 2.54. The van der Waals surface area contributed by atoms with Gasteiger partial charge >= 0.3 is 5.97 Å². The number of fused-ring (bicyclic) bond motifs is 2. The molecule has 3 heteroatoms. The molecule has 1 saturated carbocycles. The van der Waals surface area contributed by atoms with Crippen LogP contribution in [0.1, 0.15) is 25.7 Å². The van der Waals surface area contributed by atoms with E-state index in [2.05, 4.69) is 17.4 Å². The molecule has 1 saturated heterocycles. The summed E-state index contributed by atoms with van der Waals surface area (Å²) in [5.41, 5.74) is 1.74. The molecule has 15 heavy (non-hydrogen) atoms. The SMILES string of the molecule is C1=C2CCC(C1)C2.C1CO1.C=CC(=O)O. The van der Waals surface area contributed by atoms with Crippen molar-refractivity contribution in [2.45, 2.75) is 25.7 Å². The van der Waals surface area contributed by atoms with Crippen LogP contribution in [-0.2, 0) is 9.53 Å². The molecule has 0 spiro atoms. The Morgan fingerprint density at radius 1 is 1.60 bits per heavy atom. The van der Waals surface area contributed by atoms with Crippen molar-refractivity contribution in [2.24, 2.45) is 5.92 Å². The van der Waals surface area contributed by atoms with E-state index < -0.39 is 5.97 Å². The number of carbonyl (C=O) groups is 1. The maximum absolute atomic E-state index is 9.25. The largest absolute Gasteiger partial charge is 0.478 e. The topological polar surface area (TPSA) is 49.8 Å². The van der Waals surface area contributed by atoms with E-state index in [-0.39, 0.29) is 0 Å². The molecule has 0 aromatic rings. The van der Waals surface area contributed by atoms with Gasteiger partial charge in [-0.3, -0.25) is 0 Å². The van der Waals surface area contributed by atoms with Crippen molar-refractivity contribution in [3.63, 3.8) is 0 Å². The highest BCUT2D eigenvalue weighted by molar-refractivity contribution is 5.78. The van der Waals surface area contributed by atoms with E-state index in [1.54, 1.807) is 5.57 Å². The van der Waals surface area contributed by atoms with E-state index in [9.17, 15) is 4.79 Å². The Kier molecular flexibility index (Phi) is 5.12. The molecule has 3 aliphatic rings.